The van der Waals surface area contributed by atoms with Crippen LogP contribution < -0.4 is 20.1 Å². The summed E-state index contributed by atoms with van der Waals surface area (Å²) in [6.07, 6.45) is 1.18. The third-order valence-electron chi connectivity index (χ3n) is 3.39. The van der Waals surface area contributed by atoms with Crippen molar-refractivity contribution >= 4 is 5.96 Å². The number of nitrogens with zero attached hydrogens (tertiary/aromatic N) is 1. The van der Waals surface area contributed by atoms with Crippen LogP contribution in [0.3, 0.4) is 0 Å². The summed E-state index contributed by atoms with van der Waals surface area (Å²) in [5.41, 5.74) is 2.28. The molecule has 0 fully saturated rings. The first-order chi connectivity index (χ1) is 10.0. The molecule has 5 heteroatoms. The number of guanidine groups is 1. The van der Waals surface area contributed by atoms with Gasteiger partial charge in [0.2, 0.25) is 0 Å². The third-order valence-corrected chi connectivity index (χ3v) is 3.39. The van der Waals surface area contributed by atoms with Crippen LogP contribution >= 0.6 is 0 Å². The van der Waals surface area contributed by atoms with Gasteiger partial charge in [-0.3, -0.25) is 4.99 Å². The van der Waals surface area contributed by atoms with Gasteiger partial charge in [0.15, 0.2) is 5.96 Å². The monoisotopic (exact) mass is 291 g/mol. The van der Waals surface area contributed by atoms with Crippen molar-refractivity contribution in [1.82, 2.24) is 10.6 Å². The fraction of sp³-hybridized carbons (Fsp3) is 0.562. The van der Waals surface area contributed by atoms with Crippen LogP contribution in [0.5, 0.6) is 11.5 Å². The van der Waals surface area contributed by atoms with E-state index in [0.717, 1.165) is 29.4 Å². The van der Waals surface area contributed by atoms with Gasteiger partial charge in [0.05, 0.1) is 7.11 Å². The summed E-state index contributed by atoms with van der Waals surface area (Å²) in [5.74, 6) is 2.63. The highest BCUT2D eigenvalue weighted by Crippen LogP contribution is 2.34. The van der Waals surface area contributed by atoms with E-state index in [9.17, 15) is 0 Å². The summed E-state index contributed by atoms with van der Waals surface area (Å²) < 4.78 is 11.3. The van der Waals surface area contributed by atoms with Gasteiger partial charge >= 0.3 is 0 Å². The van der Waals surface area contributed by atoms with Crippen molar-refractivity contribution in [2.75, 3.05) is 14.2 Å². The molecule has 1 aromatic rings. The average molecular weight is 291 g/mol. The minimum absolute atomic E-state index is 0.239. The van der Waals surface area contributed by atoms with Gasteiger partial charge in [0.25, 0.3) is 0 Å². The van der Waals surface area contributed by atoms with Crippen molar-refractivity contribution < 1.29 is 9.47 Å². The number of fused-ring (bicyclic) bond motifs is 1. The molecule has 0 bridgehead atoms. The molecule has 2 N–H and O–H groups in total. The number of ether oxygens (including phenoxy) is 2. The predicted molar refractivity (Wildman–Crippen MR) is 85.3 cm³/mol. The van der Waals surface area contributed by atoms with Gasteiger partial charge in [0, 0.05) is 37.2 Å². The normalized spacial score (nSPS) is 17.4. The minimum Gasteiger partial charge on any atom is -0.496 e. The largest absolute Gasteiger partial charge is 0.496 e. The van der Waals surface area contributed by atoms with Crippen LogP contribution in [0.25, 0.3) is 0 Å². The van der Waals surface area contributed by atoms with Crippen molar-refractivity contribution in [1.29, 1.82) is 0 Å². The number of aliphatic imine (C=N–C) groups is 1. The second-order valence-electron chi connectivity index (χ2n) is 5.63. The molecule has 0 aliphatic carbocycles. The van der Waals surface area contributed by atoms with Gasteiger partial charge in [-0.25, -0.2) is 0 Å². The highest BCUT2D eigenvalue weighted by molar-refractivity contribution is 5.79. The molecule has 0 saturated carbocycles. The molecule has 1 unspecified atom stereocenters. The van der Waals surface area contributed by atoms with Crippen LogP contribution in [0, 0.1) is 0 Å². The van der Waals surface area contributed by atoms with Crippen LogP contribution in [0.4, 0.5) is 0 Å². The SMILES string of the molecule is CN=C(NCc1cc2c(cc1OC)CC(C)O2)NC(C)C. The van der Waals surface area contributed by atoms with Gasteiger partial charge in [0.1, 0.15) is 17.6 Å². The Morgan fingerprint density at radius 1 is 1.48 bits per heavy atom. The Kier molecular flexibility index (Phi) is 4.94. The summed E-state index contributed by atoms with van der Waals surface area (Å²) in [6, 6.07) is 4.48. The van der Waals surface area contributed by atoms with E-state index in [4.69, 9.17) is 9.47 Å². The number of hydrogen-bond donors (Lipinski definition) is 2. The zero-order chi connectivity index (χ0) is 15.4. The summed E-state index contributed by atoms with van der Waals surface area (Å²) in [4.78, 5) is 4.21. The van der Waals surface area contributed by atoms with Crippen LogP contribution in [-0.2, 0) is 13.0 Å². The molecule has 1 aromatic carbocycles. The number of nitrogens with one attached hydrogen (secondary N) is 2. The molecule has 116 valence electrons. The van der Waals surface area contributed by atoms with Crippen LogP contribution in [0.15, 0.2) is 17.1 Å². The van der Waals surface area contributed by atoms with E-state index in [-0.39, 0.29) is 6.10 Å². The van der Waals surface area contributed by atoms with Gasteiger partial charge in [-0.1, -0.05) is 0 Å². The highest BCUT2D eigenvalue weighted by atomic mass is 16.5. The van der Waals surface area contributed by atoms with Crippen molar-refractivity contribution in [3.63, 3.8) is 0 Å². The van der Waals surface area contributed by atoms with E-state index in [2.05, 4.69) is 48.5 Å². The third kappa shape index (κ3) is 3.80. The Labute approximate surface area is 126 Å². The van der Waals surface area contributed by atoms with E-state index in [0.29, 0.717) is 12.6 Å². The molecule has 21 heavy (non-hydrogen) atoms. The number of benzene rings is 1. The van der Waals surface area contributed by atoms with Crippen molar-refractivity contribution in [2.45, 2.75) is 45.9 Å². The van der Waals surface area contributed by atoms with E-state index in [1.807, 2.05) is 0 Å². The molecule has 1 aliphatic heterocycles. The molecule has 0 amide bonds. The first kappa shape index (κ1) is 15.5. The van der Waals surface area contributed by atoms with Crippen molar-refractivity contribution in [3.05, 3.63) is 23.3 Å². The summed E-state index contributed by atoms with van der Waals surface area (Å²) in [7, 11) is 3.47. The molecular formula is C16H25N3O2. The molecule has 0 radical (unpaired) electrons. The molecule has 1 heterocycles. The van der Waals surface area contributed by atoms with Gasteiger partial charge in [-0.2, -0.15) is 0 Å². The second kappa shape index (κ2) is 6.70. The zero-order valence-corrected chi connectivity index (χ0v) is 13.5. The Bertz CT molecular complexity index is 526. The maximum absolute atomic E-state index is 5.82. The minimum atomic E-state index is 0.239. The lowest BCUT2D eigenvalue weighted by Gasteiger charge is -2.16. The Morgan fingerprint density at radius 3 is 2.86 bits per heavy atom. The van der Waals surface area contributed by atoms with Crippen LogP contribution in [0.1, 0.15) is 31.9 Å². The van der Waals surface area contributed by atoms with E-state index in [1.54, 1.807) is 14.2 Å². The van der Waals surface area contributed by atoms with Gasteiger partial charge in [-0.05, 0) is 32.9 Å². The summed E-state index contributed by atoms with van der Waals surface area (Å²) in [5, 5.41) is 6.56. The fourth-order valence-electron chi connectivity index (χ4n) is 2.46. The predicted octanol–water partition coefficient (Wildman–Crippen LogP) is 2.09. The lowest BCUT2D eigenvalue weighted by Crippen LogP contribution is -2.40. The topological polar surface area (TPSA) is 54.9 Å². The lowest BCUT2D eigenvalue weighted by atomic mass is 10.1. The van der Waals surface area contributed by atoms with Gasteiger partial charge in [-0.15, -0.1) is 0 Å². The maximum Gasteiger partial charge on any atom is 0.191 e. The quantitative estimate of drug-likeness (QED) is 0.659. The zero-order valence-electron chi connectivity index (χ0n) is 13.5. The molecule has 1 atom stereocenters. The average Bonchev–Trinajstić information content (AvgIpc) is 2.80. The highest BCUT2D eigenvalue weighted by Gasteiger charge is 2.21. The standard InChI is InChI=1S/C16H25N3O2/c1-10(2)19-16(17-4)18-9-13-8-15-12(6-11(3)21-15)7-14(13)20-5/h7-8,10-11H,6,9H2,1-5H3,(H2,17,18,19). The van der Waals surface area contributed by atoms with E-state index >= 15 is 0 Å². The number of hydrogen-bond acceptors (Lipinski definition) is 3. The molecule has 1 aliphatic rings. The first-order valence-electron chi connectivity index (χ1n) is 7.37. The molecule has 0 saturated heterocycles. The van der Waals surface area contributed by atoms with E-state index in [1.165, 1.54) is 5.56 Å². The Balaban J connectivity index is 2.11. The van der Waals surface area contributed by atoms with E-state index < -0.39 is 0 Å². The van der Waals surface area contributed by atoms with Gasteiger partial charge < -0.3 is 20.1 Å². The maximum atomic E-state index is 5.82. The molecule has 0 aromatic heterocycles. The first-order valence-corrected chi connectivity index (χ1v) is 7.37. The lowest BCUT2D eigenvalue weighted by molar-refractivity contribution is 0.254. The van der Waals surface area contributed by atoms with Crippen molar-refractivity contribution in [2.24, 2.45) is 4.99 Å². The molecule has 0 spiro atoms. The molecule has 2 rings (SSSR count). The number of methoxy groups -OCH3 is 1. The fourth-order valence-corrected chi connectivity index (χ4v) is 2.46. The number of rotatable bonds is 4. The van der Waals surface area contributed by atoms with Crippen LogP contribution in [0.2, 0.25) is 0 Å². The van der Waals surface area contributed by atoms with Crippen molar-refractivity contribution in [3.8, 4) is 11.5 Å². The summed E-state index contributed by atoms with van der Waals surface area (Å²) >= 11 is 0. The molecule has 5 nitrogen and oxygen atoms in total. The Hall–Kier alpha value is -1.91. The molecular weight excluding hydrogens is 266 g/mol. The smallest absolute Gasteiger partial charge is 0.191 e. The summed E-state index contributed by atoms with van der Waals surface area (Å²) in [6.45, 7) is 6.88. The van der Waals surface area contributed by atoms with Crippen LogP contribution in [-0.4, -0.2) is 32.3 Å². The second-order valence-corrected chi connectivity index (χ2v) is 5.63. The Morgan fingerprint density at radius 2 is 2.24 bits per heavy atom.